The summed E-state index contributed by atoms with van der Waals surface area (Å²) in [6.45, 7) is 3.96. The Morgan fingerprint density at radius 1 is 1.11 bits per heavy atom. The van der Waals surface area contributed by atoms with Crippen molar-refractivity contribution in [3.8, 4) is 11.4 Å². The molecule has 18 heavy (non-hydrogen) atoms. The lowest BCUT2D eigenvalue weighted by Crippen LogP contribution is -1.95. The van der Waals surface area contributed by atoms with Crippen LogP contribution < -0.4 is 5.73 Å². The Morgan fingerprint density at radius 2 is 1.94 bits per heavy atom. The first-order valence-electron chi connectivity index (χ1n) is 5.69. The van der Waals surface area contributed by atoms with E-state index in [1.165, 1.54) is 0 Å². The molecular weight excluding hydrogens is 226 g/mol. The third kappa shape index (κ3) is 1.60. The van der Waals surface area contributed by atoms with Crippen molar-refractivity contribution in [3.63, 3.8) is 0 Å². The number of rotatable bonds is 1. The predicted octanol–water partition coefficient (Wildman–Crippen LogP) is 1.99. The highest BCUT2D eigenvalue weighted by atomic mass is 15.3. The summed E-state index contributed by atoms with van der Waals surface area (Å²) in [5.74, 6) is 0.766. The fourth-order valence-electron chi connectivity index (χ4n) is 1.95. The molecular formula is C13H13N5. The molecule has 0 aliphatic carbocycles. The van der Waals surface area contributed by atoms with Crippen LogP contribution in [0.5, 0.6) is 0 Å². The molecule has 0 spiro atoms. The summed E-state index contributed by atoms with van der Waals surface area (Å²) >= 11 is 0. The summed E-state index contributed by atoms with van der Waals surface area (Å²) in [4.78, 5) is 4.27. The van der Waals surface area contributed by atoms with Crippen LogP contribution in [-0.4, -0.2) is 19.6 Å². The lowest BCUT2D eigenvalue weighted by Gasteiger charge is -2.05. The largest absolute Gasteiger partial charge is 0.399 e. The lowest BCUT2D eigenvalue weighted by molar-refractivity contribution is 1.04. The van der Waals surface area contributed by atoms with Crippen molar-refractivity contribution in [3.05, 3.63) is 41.9 Å². The maximum absolute atomic E-state index is 5.83. The molecule has 5 nitrogen and oxygen atoms in total. The topological polar surface area (TPSA) is 69.1 Å². The monoisotopic (exact) mass is 239 g/mol. The standard InChI is InChI=1S/C13H13N5/c1-8-3-4-10(14)6-11(8)13-17-16-12-5-9(2)15-7-18(12)13/h3-7H,14H2,1-2H3. The number of nitrogen functional groups attached to an aromatic ring is 1. The second-order valence-corrected chi connectivity index (χ2v) is 4.36. The molecule has 5 heteroatoms. The molecule has 0 atom stereocenters. The van der Waals surface area contributed by atoms with E-state index in [0.29, 0.717) is 5.69 Å². The van der Waals surface area contributed by atoms with Crippen LogP contribution in [0.4, 0.5) is 5.69 Å². The van der Waals surface area contributed by atoms with E-state index in [1.807, 2.05) is 42.5 Å². The molecule has 1 aromatic carbocycles. The smallest absolute Gasteiger partial charge is 0.169 e. The van der Waals surface area contributed by atoms with E-state index in [-0.39, 0.29) is 0 Å². The van der Waals surface area contributed by atoms with Crippen molar-refractivity contribution in [1.82, 2.24) is 19.6 Å². The van der Waals surface area contributed by atoms with Crippen molar-refractivity contribution >= 4 is 11.3 Å². The first-order valence-corrected chi connectivity index (χ1v) is 5.69. The predicted molar refractivity (Wildman–Crippen MR) is 70.1 cm³/mol. The quantitative estimate of drug-likeness (QED) is 0.659. The minimum absolute atomic E-state index is 0.715. The van der Waals surface area contributed by atoms with Crippen LogP contribution >= 0.6 is 0 Å². The van der Waals surface area contributed by atoms with E-state index in [1.54, 1.807) is 6.33 Å². The maximum atomic E-state index is 5.83. The highest BCUT2D eigenvalue weighted by molar-refractivity contribution is 5.67. The number of hydrogen-bond donors (Lipinski definition) is 1. The molecule has 3 rings (SSSR count). The van der Waals surface area contributed by atoms with Gasteiger partial charge in [-0.05, 0) is 31.5 Å². The zero-order valence-electron chi connectivity index (χ0n) is 10.3. The number of aromatic nitrogens is 4. The molecule has 2 N–H and O–H groups in total. The van der Waals surface area contributed by atoms with Gasteiger partial charge in [-0.25, -0.2) is 4.98 Å². The van der Waals surface area contributed by atoms with Crippen LogP contribution in [0.3, 0.4) is 0 Å². The summed E-state index contributed by atoms with van der Waals surface area (Å²) in [6, 6.07) is 7.67. The van der Waals surface area contributed by atoms with Gasteiger partial charge in [0, 0.05) is 23.0 Å². The lowest BCUT2D eigenvalue weighted by atomic mass is 10.1. The highest BCUT2D eigenvalue weighted by Gasteiger charge is 2.11. The van der Waals surface area contributed by atoms with Gasteiger partial charge in [-0.1, -0.05) is 6.07 Å². The molecule has 0 aliphatic rings. The minimum Gasteiger partial charge on any atom is -0.399 e. The molecule has 0 fully saturated rings. The second-order valence-electron chi connectivity index (χ2n) is 4.36. The normalized spacial score (nSPS) is 11.0. The fourth-order valence-corrected chi connectivity index (χ4v) is 1.95. The second kappa shape index (κ2) is 3.80. The number of aryl methyl sites for hydroxylation is 2. The Balaban J connectivity index is 2.28. The van der Waals surface area contributed by atoms with E-state index in [4.69, 9.17) is 5.73 Å². The Bertz CT molecular complexity index is 729. The fraction of sp³-hybridized carbons (Fsp3) is 0.154. The average molecular weight is 239 g/mol. The third-order valence-corrected chi connectivity index (χ3v) is 2.94. The molecule has 0 saturated heterocycles. The Hall–Kier alpha value is -2.43. The van der Waals surface area contributed by atoms with Gasteiger partial charge >= 0.3 is 0 Å². The van der Waals surface area contributed by atoms with Crippen LogP contribution in [0.2, 0.25) is 0 Å². The molecule has 0 radical (unpaired) electrons. The average Bonchev–Trinajstić information content (AvgIpc) is 2.75. The van der Waals surface area contributed by atoms with Crippen molar-refractivity contribution in [2.45, 2.75) is 13.8 Å². The molecule has 0 saturated carbocycles. The van der Waals surface area contributed by atoms with Gasteiger partial charge in [-0.3, -0.25) is 4.40 Å². The van der Waals surface area contributed by atoms with Crippen LogP contribution in [0.25, 0.3) is 17.0 Å². The Morgan fingerprint density at radius 3 is 2.78 bits per heavy atom. The number of anilines is 1. The molecule has 2 heterocycles. The zero-order valence-corrected chi connectivity index (χ0v) is 10.3. The minimum atomic E-state index is 0.715. The molecule has 0 unspecified atom stereocenters. The first kappa shape index (κ1) is 10.7. The van der Waals surface area contributed by atoms with E-state index >= 15 is 0 Å². The van der Waals surface area contributed by atoms with Gasteiger partial charge in [-0.2, -0.15) is 0 Å². The molecule has 0 amide bonds. The number of fused-ring (bicyclic) bond motifs is 1. The van der Waals surface area contributed by atoms with Crippen molar-refractivity contribution in [1.29, 1.82) is 0 Å². The summed E-state index contributed by atoms with van der Waals surface area (Å²) in [6.07, 6.45) is 1.74. The zero-order chi connectivity index (χ0) is 12.7. The van der Waals surface area contributed by atoms with Crippen LogP contribution in [-0.2, 0) is 0 Å². The Labute approximate surface area is 104 Å². The van der Waals surface area contributed by atoms with Crippen molar-refractivity contribution in [2.24, 2.45) is 0 Å². The maximum Gasteiger partial charge on any atom is 0.169 e. The van der Waals surface area contributed by atoms with Gasteiger partial charge in [0.25, 0.3) is 0 Å². The van der Waals surface area contributed by atoms with Gasteiger partial charge in [0.2, 0.25) is 0 Å². The first-order chi connectivity index (χ1) is 8.65. The van der Waals surface area contributed by atoms with E-state index in [0.717, 1.165) is 28.3 Å². The summed E-state index contributed by atoms with van der Waals surface area (Å²) < 4.78 is 1.87. The third-order valence-electron chi connectivity index (χ3n) is 2.94. The molecule has 3 aromatic rings. The number of nitrogens with two attached hydrogens (primary N) is 1. The van der Waals surface area contributed by atoms with Gasteiger partial charge in [-0.15, -0.1) is 10.2 Å². The summed E-state index contributed by atoms with van der Waals surface area (Å²) in [5, 5.41) is 8.38. The highest BCUT2D eigenvalue weighted by Crippen LogP contribution is 2.24. The van der Waals surface area contributed by atoms with Crippen LogP contribution in [0, 0.1) is 13.8 Å². The number of benzene rings is 1. The van der Waals surface area contributed by atoms with E-state index in [9.17, 15) is 0 Å². The SMILES string of the molecule is Cc1cc2nnc(-c3cc(N)ccc3C)n2cn1. The van der Waals surface area contributed by atoms with Gasteiger partial charge in [0.15, 0.2) is 11.5 Å². The molecule has 90 valence electrons. The summed E-state index contributed by atoms with van der Waals surface area (Å²) in [7, 11) is 0. The number of hydrogen-bond acceptors (Lipinski definition) is 4. The van der Waals surface area contributed by atoms with Crippen molar-refractivity contribution in [2.75, 3.05) is 5.73 Å². The van der Waals surface area contributed by atoms with Gasteiger partial charge in [0.1, 0.15) is 6.33 Å². The number of nitrogens with zero attached hydrogens (tertiary/aromatic N) is 4. The van der Waals surface area contributed by atoms with Crippen molar-refractivity contribution < 1.29 is 0 Å². The van der Waals surface area contributed by atoms with Gasteiger partial charge < -0.3 is 5.73 Å². The van der Waals surface area contributed by atoms with Crippen LogP contribution in [0.15, 0.2) is 30.6 Å². The van der Waals surface area contributed by atoms with E-state index in [2.05, 4.69) is 15.2 Å². The molecule has 0 bridgehead atoms. The Kier molecular flexibility index (Phi) is 2.26. The molecule has 2 aromatic heterocycles. The van der Waals surface area contributed by atoms with E-state index < -0.39 is 0 Å². The van der Waals surface area contributed by atoms with Crippen LogP contribution in [0.1, 0.15) is 11.3 Å². The molecule has 0 aliphatic heterocycles. The van der Waals surface area contributed by atoms with Gasteiger partial charge in [0.05, 0.1) is 0 Å². The summed E-state index contributed by atoms with van der Waals surface area (Å²) in [5.41, 5.74) is 10.3.